The van der Waals surface area contributed by atoms with Crippen LogP contribution in [0.15, 0.2) is 24.3 Å². The minimum Gasteiger partial charge on any atom is -0.346 e. The van der Waals surface area contributed by atoms with Crippen molar-refractivity contribution in [3.05, 3.63) is 29.8 Å². The molecule has 0 radical (unpaired) electrons. The summed E-state index contributed by atoms with van der Waals surface area (Å²) in [6.45, 7) is 2.26. The molecule has 1 atom stereocenters. The van der Waals surface area contributed by atoms with Crippen LogP contribution in [0.4, 0.5) is 5.69 Å². The summed E-state index contributed by atoms with van der Waals surface area (Å²) >= 11 is 0. The fourth-order valence-electron chi connectivity index (χ4n) is 2.68. The van der Waals surface area contributed by atoms with E-state index in [0.29, 0.717) is 25.7 Å². The van der Waals surface area contributed by atoms with Gasteiger partial charge in [-0.3, -0.25) is 4.79 Å². The summed E-state index contributed by atoms with van der Waals surface area (Å²) in [6.07, 6.45) is 2.46. The second kappa shape index (κ2) is 6.35. The summed E-state index contributed by atoms with van der Waals surface area (Å²) in [6, 6.07) is 7.97. The molecule has 5 heteroatoms. The van der Waals surface area contributed by atoms with E-state index >= 15 is 0 Å². The lowest BCUT2D eigenvalue weighted by Gasteiger charge is -2.13. The van der Waals surface area contributed by atoms with E-state index in [9.17, 15) is 4.79 Å². The van der Waals surface area contributed by atoms with E-state index in [4.69, 9.17) is 9.47 Å². The second-order valence-electron chi connectivity index (χ2n) is 5.24. The summed E-state index contributed by atoms with van der Waals surface area (Å²) in [5.74, 6) is 0.0507. The topological polar surface area (TPSA) is 59.6 Å². The summed E-state index contributed by atoms with van der Waals surface area (Å²) in [4.78, 5) is 12.0. The van der Waals surface area contributed by atoms with Gasteiger partial charge in [0.2, 0.25) is 5.91 Å². The molecule has 2 N–H and O–H groups in total. The average Bonchev–Trinajstić information content (AvgIpc) is 3.11. The van der Waals surface area contributed by atoms with Crippen LogP contribution >= 0.6 is 0 Å². The largest absolute Gasteiger partial charge is 0.346 e. The van der Waals surface area contributed by atoms with Crippen molar-refractivity contribution in [2.45, 2.75) is 31.6 Å². The van der Waals surface area contributed by atoms with Crippen LogP contribution in [0.3, 0.4) is 0 Å². The van der Waals surface area contributed by atoms with Gasteiger partial charge in [0.1, 0.15) is 0 Å². The Kier molecular flexibility index (Phi) is 4.30. The molecule has 108 valence electrons. The maximum absolute atomic E-state index is 12.0. The predicted octanol–water partition coefficient (Wildman–Crippen LogP) is 1.81. The number of carbonyl (C=O) groups excluding carboxylic acids is 1. The van der Waals surface area contributed by atoms with Crippen LogP contribution in [-0.2, 0) is 14.3 Å². The van der Waals surface area contributed by atoms with Gasteiger partial charge in [-0.05, 0) is 31.5 Å². The SMILES string of the molecule is O=C(CC1CCCN1)Nc1cccc(C2OCCO2)c1. The van der Waals surface area contributed by atoms with Gasteiger partial charge in [-0.1, -0.05) is 12.1 Å². The van der Waals surface area contributed by atoms with Gasteiger partial charge in [-0.25, -0.2) is 0 Å². The molecule has 0 aromatic heterocycles. The Morgan fingerprint density at radius 2 is 2.20 bits per heavy atom. The lowest BCUT2D eigenvalue weighted by atomic mass is 10.1. The molecule has 1 unspecified atom stereocenters. The first-order chi connectivity index (χ1) is 9.81. The standard InChI is InChI=1S/C15H20N2O3/c18-14(10-12-5-2-6-16-12)17-13-4-1-3-11(9-13)15-19-7-8-20-15/h1,3-4,9,12,15-16H,2,5-8,10H2,(H,17,18). The van der Waals surface area contributed by atoms with E-state index in [2.05, 4.69) is 10.6 Å². The lowest BCUT2D eigenvalue weighted by Crippen LogP contribution is -2.27. The Bertz CT molecular complexity index is 466. The van der Waals surface area contributed by atoms with Gasteiger partial charge in [-0.15, -0.1) is 0 Å². The Morgan fingerprint density at radius 1 is 1.35 bits per heavy atom. The zero-order chi connectivity index (χ0) is 13.8. The number of carbonyl (C=O) groups is 1. The maximum Gasteiger partial charge on any atom is 0.225 e. The van der Waals surface area contributed by atoms with Crippen molar-refractivity contribution >= 4 is 11.6 Å². The second-order valence-corrected chi connectivity index (χ2v) is 5.24. The summed E-state index contributed by atoms with van der Waals surface area (Å²) in [5, 5.41) is 6.27. The Labute approximate surface area is 118 Å². The highest BCUT2D eigenvalue weighted by Crippen LogP contribution is 2.25. The number of amides is 1. The average molecular weight is 276 g/mol. The lowest BCUT2D eigenvalue weighted by molar-refractivity contribution is -0.116. The minimum atomic E-state index is -0.302. The molecule has 0 spiro atoms. The highest BCUT2D eigenvalue weighted by molar-refractivity contribution is 5.91. The molecule has 0 aliphatic carbocycles. The van der Waals surface area contributed by atoms with Gasteiger partial charge in [0.15, 0.2) is 6.29 Å². The summed E-state index contributed by atoms with van der Waals surface area (Å²) < 4.78 is 10.9. The van der Waals surface area contributed by atoms with Crippen molar-refractivity contribution in [3.8, 4) is 0 Å². The van der Waals surface area contributed by atoms with Crippen LogP contribution in [0.2, 0.25) is 0 Å². The molecule has 5 nitrogen and oxygen atoms in total. The van der Waals surface area contributed by atoms with Crippen molar-refractivity contribution in [2.24, 2.45) is 0 Å². The van der Waals surface area contributed by atoms with Gasteiger partial charge < -0.3 is 20.1 Å². The van der Waals surface area contributed by atoms with Crippen LogP contribution in [0.25, 0.3) is 0 Å². The first-order valence-corrected chi connectivity index (χ1v) is 7.18. The first kappa shape index (κ1) is 13.5. The van der Waals surface area contributed by atoms with Crippen LogP contribution < -0.4 is 10.6 Å². The molecule has 0 saturated carbocycles. The summed E-state index contributed by atoms with van der Waals surface area (Å²) in [7, 11) is 0. The molecule has 2 aliphatic rings. The quantitative estimate of drug-likeness (QED) is 0.880. The van der Waals surface area contributed by atoms with Crippen LogP contribution in [0.5, 0.6) is 0 Å². The van der Waals surface area contributed by atoms with Gasteiger partial charge >= 0.3 is 0 Å². The predicted molar refractivity (Wildman–Crippen MR) is 75.4 cm³/mol. The maximum atomic E-state index is 12.0. The highest BCUT2D eigenvalue weighted by Gasteiger charge is 2.20. The Hall–Kier alpha value is -1.43. The molecule has 0 bridgehead atoms. The zero-order valence-corrected chi connectivity index (χ0v) is 11.4. The van der Waals surface area contributed by atoms with E-state index < -0.39 is 0 Å². The zero-order valence-electron chi connectivity index (χ0n) is 11.4. The first-order valence-electron chi connectivity index (χ1n) is 7.18. The summed E-state index contributed by atoms with van der Waals surface area (Å²) in [5.41, 5.74) is 1.74. The molecule has 2 aliphatic heterocycles. The number of anilines is 1. The number of benzene rings is 1. The van der Waals surface area contributed by atoms with Crippen molar-refractivity contribution in [2.75, 3.05) is 25.1 Å². The molecular weight excluding hydrogens is 256 g/mol. The van der Waals surface area contributed by atoms with E-state index in [-0.39, 0.29) is 12.2 Å². The van der Waals surface area contributed by atoms with Gasteiger partial charge in [-0.2, -0.15) is 0 Å². The fourth-order valence-corrected chi connectivity index (χ4v) is 2.68. The van der Waals surface area contributed by atoms with Crippen molar-refractivity contribution in [1.82, 2.24) is 5.32 Å². The number of hydrogen-bond acceptors (Lipinski definition) is 4. The fraction of sp³-hybridized carbons (Fsp3) is 0.533. The van der Waals surface area contributed by atoms with Crippen LogP contribution in [0, 0.1) is 0 Å². The molecule has 1 aromatic rings. The Morgan fingerprint density at radius 3 is 2.95 bits per heavy atom. The molecule has 2 saturated heterocycles. The van der Waals surface area contributed by atoms with Crippen molar-refractivity contribution < 1.29 is 14.3 Å². The van der Waals surface area contributed by atoms with Crippen LogP contribution in [-0.4, -0.2) is 31.7 Å². The molecule has 2 heterocycles. The number of ether oxygens (including phenoxy) is 2. The third-order valence-corrected chi connectivity index (χ3v) is 3.66. The van der Waals surface area contributed by atoms with Crippen molar-refractivity contribution in [1.29, 1.82) is 0 Å². The highest BCUT2D eigenvalue weighted by atomic mass is 16.7. The smallest absolute Gasteiger partial charge is 0.225 e. The number of hydrogen-bond donors (Lipinski definition) is 2. The third kappa shape index (κ3) is 3.36. The molecule has 1 amide bonds. The molecule has 2 fully saturated rings. The van der Waals surface area contributed by atoms with E-state index in [1.165, 1.54) is 0 Å². The Balaban J connectivity index is 1.58. The van der Waals surface area contributed by atoms with Gasteiger partial charge in [0, 0.05) is 23.7 Å². The van der Waals surface area contributed by atoms with E-state index in [0.717, 1.165) is 30.6 Å². The van der Waals surface area contributed by atoms with E-state index in [1.807, 2.05) is 24.3 Å². The third-order valence-electron chi connectivity index (χ3n) is 3.66. The van der Waals surface area contributed by atoms with E-state index in [1.54, 1.807) is 0 Å². The molecular formula is C15H20N2O3. The van der Waals surface area contributed by atoms with Gasteiger partial charge in [0.05, 0.1) is 13.2 Å². The monoisotopic (exact) mass is 276 g/mol. The minimum absolute atomic E-state index is 0.0507. The van der Waals surface area contributed by atoms with Crippen LogP contribution in [0.1, 0.15) is 31.1 Å². The van der Waals surface area contributed by atoms with Crippen molar-refractivity contribution in [3.63, 3.8) is 0 Å². The normalized spacial score (nSPS) is 23.1. The number of nitrogens with one attached hydrogen (secondary N) is 2. The molecule has 1 aromatic carbocycles. The molecule has 20 heavy (non-hydrogen) atoms. The number of rotatable bonds is 4. The van der Waals surface area contributed by atoms with Gasteiger partial charge in [0.25, 0.3) is 0 Å². The molecule has 3 rings (SSSR count).